The lowest BCUT2D eigenvalue weighted by atomic mass is 10.2. The zero-order valence-electron chi connectivity index (χ0n) is 13.0. The maximum Gasteiger partial charge on any atom is 0.317 e. The van der Waals surface area contributed by atoms with Crippen molar-refractivity contribution in [2.24, 2.45) is 0 Å². The molecule has 1 saturated heterocycles. The highest BCUT2D eigenvalue weighted by Crippen LogP contribution is 2.22. The number of ether oxygens (including phenoxy) is 2. The van der Waals surface area contributed by atoms with Crippen LogP contribution in [0.3, 0.4) is 0 Å². The molecule has 5 nitrogen and oxygen atoms in total. The molecule has 0 bridgehead atoms. The van der Waals surface area contributed by atoms with Crippen LogP contribution in [-0.2, 0) is 4.74 Å². The molecule has 1 N–H and O–H groups in total. The molecular weight excluding hydrogens is 304 g/mol. The molecule has 6 heteroatoms. The molecule has 0 aliphatic carbocycles. The maximum absolute atomic E-state index is 12.1. The first kappa shape index (κ1) is 16.9. The third kappa shape index (κ3) is 5.07. The topological polar surface area (TPSA) is 50.8 Å². The molecule has 0 aromatic heterocycles. The summed E-state index contributed by atoms with van der Waals surface area (Å²) in [6, 6.07) is 7.32. The molecule has 2 atom stereocenters. The predicted octanol–water partition coefficient (Wildman–Crippen LogP) is 2.93. The van der Waals surface area contributed by atoms with Crippen molar-refractivity contribution in [2.75, 3.05) is 26.2 Å². The van der Waals surface area contributed by atoms with E-state index >= 15 is 0 Å². The third-order valence-electron chi connectivity index (χ3n) is 3.40. The number of morpholine rings is 1. The molecule has 2 unspecified atom stereocenters. The van der Waals surface area contributed by atoms with Crippen LogP contribution in [0.5, 0.6) is 5.75 Å². The first-order valence-electron chi connectivity index (χ1n) is 7.62. The summed E-state index contributed by atoms with van der Waals surface area (Å²) in [7, 11) is 0. The van der Waals surface area contributed by atoms with Gasteiger partial charge in [-0.1, -0.05) is 23.7 Å². The van der Waals surface area contributed by atoms with Crippen molar-refractivity contribution in [1.29, 1.82) is 0 Å². The lowest BCUT2D eigenvalue weighted by molar-refractivity contribution is -0.0545. The molecule has 1 fully saturated rings. The second-order valence-electron chi connectivity index (χ2n) is 5.53. The molecule has 0 spiro atoms. The van der Waals surface area contributed by atoms with Crippen LogP contribution in [0.2, 0.25) is 5.02 Å². The summed E-state index contributed by atoms with van der Waals surface area (Å²) in [6.07, 6.45) is 0.892. The van der Waals surface area contributed by atoms with Crippen molar-refractivity contribution >= 4 is 17.6 Å². The van der Waals surface area contributed by atoms with Crippen LogP contribution in [0, 0.1) is 0 Å². The number of hydrogen-bond acceptors (Lipinski definition) is 3. The van der Waals surface area contributed by atoms with Crippen LogP contribution in [0.4, 0.5) is 4.79 Å². The molecule has 1 aliphatic heterocycles. The quantitative estimate of drug-likeness (QED) is 0.846. The van der Waals surface area contributed by atoms with E-state index in [9.17, 15) is 4.79 Å². The Kier molecular flexibility index (Phi) is 6.34. The highest BCUT2D eigenvalue weighted by molar-refractivity contribution is 6.32. The fourth-order valence-corrected chi connectivity index (χ4v) is 2.66. The van der Waals surface area contributed by atoms with Gasteiger partial charge in [-0.3, -0.25) is 0 Å². The Morgan fingerprint density at radius 1 is 1.36 bits per heavy atom. The zero-order chi connectivity index (χ0) is 15.9. The molecule has 1 heterocycles. The van der Waals surface area contributed by atoms with E-state index in [-0.39, 0.29) is 18.2 Å². The lowest BCUT2D eigenvalue weighted by Gasteiger charge is -2.35. The van der Waals surface area contributed by atoms with Crippen molar-refractivity contribution in [3.63, 3.8) is 0 Å². The summed E-state index contributed by atoms with van der Waals surface area (Å²) in [5.74, 6) is 0.673. The Balaban J connectivity index is 1.64. The smallest absolute Gasteiger partial charge is 0.317 e. The Hall–Kier alpha value is -1.46. The fraction of sp³-hybridized carbons (Fsp3) is 0.562. The van der Waals surface area contributed by atoms with Gasteiger partial charge in [-0.05, 0) is 32.4 Å². The highest BCUT2D eigenvalue weighted by atomic mass is 35.5. The molecule has 2 rings (SSSR count). The summed E-state index contributed by atoms with van der Waals surface area (Å²) in [5.41, 5.74) is 0. The van der Waals surface area contributed by atoms with Crippen LogP contribution < -0.4 is 10.1 Å². The van der Waals surface area contributed by atoms with Gasteiger partial charge in [0.25, 0.3) is 0 Å². The van der Waals surface area contributed by atoms with Gasteiger partial charge in [-0.25, -0.2) is 4.79 Å². The van der Waals surface area contributed by atoms with E-state index in [4.69, 9.17) is 21.1 Å². The van der Waals surface area contributed by atoms with E-state index in [0.717, 1.165) is 6.42 Å². The number of carbonyl (C=O) groups is 1. The Morgan fingerprint density at radius 2 is 2.05 bits per heavy atom. The fourth-order valence-electron chi connectivity index (χ4n) is 2.47. The van der Waals surface area contributed by atoms with Crippen LogP contribution in [0.1, 0.15) is 20.3 Å². The number of carbonyl (C=O) groups excluding carboxylic acids is 1. The summed E-state index contributed by atoms with van der Waals surface area (Å²) < 4.78 is 11.2. The van der Waals surface area contributed by atoms with Crippen molar-refractivity contribution in [3.05, 3.63) is 29.3 Å². The number of rotatable bonds is 5. The SMILES string of the molecule is CC1CN(C(=O)NCCCOc2ccccc2Cl)CC(C)O1. The van der Waals surface area contributed by atoms with Crippen LogP contribution in [0.25, 0.3) is 0 Å². The molecule has 1 aliphatic rings. The predicted molar refractivity (Wildman–Crippen MR) is 86.5 cm³/mol. The summed E-state index contributed by atoms with van der Waals surface area (Å²) in [6.45, 7) is 6.31. The minimum atomic E-state index is -0.0419. The monoisotopic (exact) mass is 326 g/mol. The number of nitrogens with one attached hydrogen (secondary N) is 1. The number of nitrogens with zero attached hydrogens (tertiary/aromatic N) is 1. The molecule has 22 heavy (non-hydrogen) atoms. The molecule has 0 radical (unpaired) electrons. The Bertz CT molecular complexity index is 488. The van der Waals surface area contributed by atoms with Crippen molar-refractivity contribution in [1.82, 2.24) is 10.2 Å². The zero-order valence-corrected chi connectivity index (χ0v) is 13.8. The number of amides is 2. The molecule has 122 valence electrons. The van der Waals surface area contributed by atoms with Crippen molar-refractivity contribution < 1.29 is 14.3 Å². The van der Waals surface area contributed by atoms with Gasteiger partial charge in [-0.15, -0.1) is 0 Å². The van der Waals surface area contributed by atoms with Gasteiger partial charge in [0.2, 0.25) is 0 Å². The molecule has 2 amide bonds. The second-order valence-corrected chi connectivity index (χ2v) is 5.93. The van der Waals surface area contributed by atoms with Crippen LogP contribution in [0.15, 0.2) is 24.3 Å². The number of benzene rings is 1. The highest BCUT2D eigenvalue weighted by Gasteiger charge is 2.25. The van der Waals surface area contributed by atoms with E-state index in [2.05, 4.69) is 5.32 Å². The van der Waals surface area contributed by atoms with E-state index < -0.39 is 0 Å². The van der Waals surface area contributed by atoms with E-state index in [1.54, 1.807) is 11.0 Å². The Morgan fingerprint density at radius 3 is 2.73 bits per heavy atom. The second kappa shape index (κ2) is 8.25. The maximum atomic E-state index is 12.1. The van der Waals surface area contributed by atoms with Crippen LogP contribution >= 0.6 is 11.6 Å². The van der Waals surface area contributed by atoms with Gasteiger partial charge in [0.15, 0.2) is 0 Å². The van der Waals surface area contributed by atoms with Gasteiger partial charge < -0.3 is 19.7 Å². The van der Waals surface area contributed by atoms with Gasteiger partial charge in [0.05, 0.1) is 23.8 Å². The van der Waals surface area contributed by atoms with E-state index in [0.29, 0.717) is 37.0 Å². The largest absolute Gasteiger partial charge is 0.492 e. The van der Waals surface area contributed by atoms with Crippen LogP contribution in [-0.4, -0.2) is 49.4 Å². The summed E-state index contributed by atoms with van der Waals surface area (Å²) in [4.78, 5) is 13.9. The first-order chi connectivity index (χ1) is 10.6. The normalized spacial score (nSPS) is 21.5. The lowest BCUT2D eigenvalue weighted by Crippen LogP contribution is -2.51. The third-order valence-corrected chi connectivity index (χ3v) is 3.71. The van der Waals surface area contributed by atoms with Crippen molar-refractivity contribution in [2.45, 2.75) is 32.5 Å². The number of para-hydroxylation sites is 1. The first-order valence-corrected chi connectivity index (χ1v) is 7.99. The summed E-state index contributed by atoms with van der Waals surface area (Å²) >= 11 is 6.00. The minimum Gasteiger partial charge on any atom is -0.492 e. The molecule has 0 saturated carbocycles. The van der Waals surface area contributed by atoms with Gasteiger partial charge in [0, 0.05) is 19.6 Å². The van der Waals surface area contributed by atoms with Gasteiger partial charge >= 0.3 is 6.03 Å². The molecular formula is C16H23ClN2O3. The average molecular weight is 327 g/mol. The number of urea groups is 1. The average Bonchev–Trinajstić information content (AvgIpc) is 2.47. The van der Waals surface area contributed by atoms with Gasteiger partial charge in [-0.2, -0.15) is 0 Å². The minimum absolute atomic E-state index is 0.0419. The number of hydrogen-bond donors (Lipinski definition) is 1. The summed E-state index contributed by atoms with van der Waals surface area (Å²) in [5, 5.41) is 3.51. The van der Waals surface area contributed by atoms with E-state index in [1.807, 2.05) is 32.0 Å². The number of halogens is 1. The van der Waals surface area contributed by atoms with Gasteiger partial charge in [0.1, 0.15) is 5.75 Å². The Labute approximate surface area is 136 Å². The van der Waals surface area contributed by atoms with E-state index in [1.165, 1.54) is 0 Å². The standard InChI is InChI=1S/C16H23ClN2O3/c1-12-10-19(11-13(2)22-12)16(20)18-8-5-9-21-15-7-4-3-6-14(15)17/h3-4,6-7,12-13H,5,8-11H2,1-2H3,(H,18,20). The molecule has 1 aromatic rings. The van der Waals surface area contributed by atoms with Crippen molar-refractivity contribution in [3.8, 4) is 5.75 Å². The molecule has 1 aromatic carbocycles.